The molecule has 2 aliphatic heterocycles. The number of anilines is 1. The number of allylic oxidation sites excluding steroid dienone is 2. The summed E-state index contributed by atoms with van der Waals surface area (Å²) in [6.45, 7) is 1.77. The molecule has 0 bridgehead atoms. The Bertz CT molecular complexity index is 922. The Hall–Kier alpha value is -2.86. The van der Waals surface area contributed by atoms with Gasteiger partial charge < -0.3 is 21.0 Å². The molecule has 2 atom stereocenters. The Kier molecular flexibility index (Phi) is 5.70. The number of carboxylic acid groups (broad SMARTS) is 1. The van der Waals surface area contributed by atoms with Gasteiger partial charge >= 0.3 is 5.97 Å². The highest BCUT2D eigenvalue weighted by atomic mass is 32.2. The molecule has 1 fully saturated rings. The van der Waals surface area contributed by atoms with Crippen LogP contribution in [0.5, 0.6) is 0 Å². The first-order chi connectivity index (χ1) is 13.4. The van der Waals surface area contributed by atoms with Gasteiger partial charge in [-0.15, -0.1) is 23.1 Å². The lowest BCUT2D eigenvalue weighted by atomic mass is 10.0. The highest BCUT2D eigenvalue weighted by Gasteiger charge is 2.54. The number of carbonyl (C=O) groups is 3. The zero-order chi connectivity index (χ0) is 20.4. The van der Waals surface area contributed by atoms with E-state index in [1.54, 1.807) is 24.5 Å². The average molecular weight is 423 g/mol. The molecular weight excluding hydrogens is 406 g/mol. The molecule has 28 heavy (non-hydrogen) atoms. The summed E-state index contributed by atoms with van der Waals surface area (Å²) < 4.78 is 0. The van der Waals surface area contributed by atoms with E-state index in [1.807, 2.05) is 0 Å². The smallest absolute Gasteiger partial charge is 0.352 e. The van der Waals surface area contributed by atoms with Crippen molar-refractivity contribution in [3.8, 4) is 0 Å². The molecule has 0 aliphatic carbocycles. The fourth-order valence-electron chi connectivity index (χ4n) is 2.87. The van der Waals surface area contributed by atoms with Gasteiger partial charge in [0.1, 0.15) is 29.9 Å². The summed E-state index contributed by atoms with van der Waals surface area (Å²) in [5, 5.41) is 17.1. The topological polar surface area (TPSA) is 147 Å². The second-order valence-electron chi connectivity index (χ2n) is 5.73. The van der Waals surface area contributed by atoms with Crippen LogP contribution in [0.15, 0.2) is 34.0 Å². The Morgan fingerprint density at radius 3 is 2.86 bits per heavy atom. The number of nitrogens with two attached hydrogens (primary N) is 1. The molecule has 1 unspecified atom stereocenters. The minimum Gasteiger partial charge on any atom is -0.477 e. The fourth-order valence-corrected chi connectivity index (χ4v) is 4.74. The first kappa shape index (κ1) is 19.9. The standard InChI is InChI=1S/C16H17N5O5S2/c1-3-4-7-5-27-14-10(13(23)21(14)11(7)15(24)25)19-12(22)9(20-26-2)8-6-28-16(17)18-8/h3-4,6,10,14H,5H2,1-2H3,(H2,17,18)(H,19,22)(H,24,25)/t10?,14-/m0/s1. The van der Waals surface area contributed by atoms with Gasteiger partial charge in [-0.05, 0) is 12.5 Å². The van der Waals surface area contributed by atoms with Gasteiger partial charge in [0, 0.05) is 11.1 Å². The van der Waals surface area contributed by atoms with E-state index in [1.165, 1.54) is 23.8 Å². The van der Waals surface area contributed by atoms with Crippen molar-refractivity contribution in [1.82, 2.24) is 15.2 Å². The molecule has 1 aromatic rings. The maximum Gasteiger partial charge on any atom is 0.352 e. The first-order valence-electron chi connectivity index (χ1n) is 8.06. The van der Waals surface area contributed by atoms with E-state index >= 15 is 0 Å². The Morgan fingerprint density at radius 2 is 2.29 bits per heavy atom. The number of aliphatic carboxylic acids is 1. The lowest BCUT2D eigenvalue weighted by Crippen LogP contribution is -2.71. The summed E-state index contributed by atoms with van der Waals surface area (Å²) in [7, 11) is 1.28. The van der Waals surface area contributed by atoms with Crippen molar-refractivity contribution in [3.05, 3.63) is 34.5 Å². The fraction of sp³-hybridized carbons (Fsp3) is 0.312. The van der Waals surface area contributed by atoms with Crippen LogP contribution >= 0.6 is 23.1 Å². The van der Waals surface area contributed by atoms with Gasteiger partial charge in [0.2, 0.25) is 0 Å². The summed E-state index contributed by atoms with van der Waals surface area (Å²) in [5.74, 6) is -1.93. The maximum atomic E-state index is 12.6. The third-order valence-electron chi connectivity index (χ3n) is 4.02. The number of nitrogen functional groups attached to an aromatic ring is 1. The number of hydrogen-bond acceptors (Lipinski definition) is 9. The second-order valence-corrected chi connectivity index (χ2v) is 7.73. The minimum absolute atomic E-state index is 0.0598. The largest absolute Gasteiger partial charge is 0.477 e. The van der Waals surface area contributed by atoms with E-state index in [0.29, 0.717) is 11.3 Å². The van der Waals surface area contributed by atoms with Crippen LogP contribution in [0, 0.1) is 0 Å². The summed E-state index contributed by atoms with van der Waals surface area (Å²) in [5.41, 5.74) is 6.19. The number of aromatic nitrogens is 1. The molecule has 0 spiro atoms. The molecule has 1 aromatic heterocycles. The number of carbonyl (C=O) groups excluding carboxylic acids is 2. The zero-order valence-corrected chi connectivity index (χ0v) is 16.5. The monoisotopic (exact) mass is 423 g/mol. The molecule has 2 amide bonds. The molecule has 0 saturated carbocycles. The van der Waals surface area contributed by atoms with Crippen molar-refractivity contribution >= 4 is 51.7 Å². The highest BCUT2D eigenvalue weighted by Crippen LogP contribution is 2.40. The molecule has 4 N–H and O–H groups in total. The van der Waals surface area contributed by atoms with Crippen LogP contribution in [0.4, 0.5) is 5.13 Å². The number of thiazole rings is 1. The predicted molar refractivity (Wildman–Crippen MR) is 105 cm³/mol. The maximum absolute atomic E-state index is 12.6. The summed E-state index contributed by atoms with van der Waals surface area (Å²) in [4.78, 5) is 46.8. The van der Waals surface area contributed by atoms with Crippen LogP contribution in [-0.4, -0.2) is 62.8 Å². The van der Waals surface area contributed by atoms with E-state index < -0.39 is 29.2 Å². The molecule has 0 aromatic carbocycles. The van der Waals surface area contributed by atoms with Crippen molar-refractivity contribution < 1.29 is 24.3 Å². The van der Waals surface area contributed by atoms with Gasteiger partial charge in [0.15, 0.2) is 10.8 Å². The first-order valence-corrected chi connectivity index (χ1v) is 9.99. The van der Waals surface area contributed by atoms with E-state index in [-0.39, 0.29) is 22.2 Å². The molecule has 0 radical (unpaired) electrons. The van der Waals surface area contributed by atoms with Gasteiger partial charge in [-0.1, -0.05) is 17.3 Å². The Labute approximate surface area is 168 Å². The van der Waals surface area contributed by atoms with Gasteiger partial charge in [-0.25, -0.2) is 9.78 Å². The average Bonchev–Trinajstić information content (AvgIpc) is 3.09. The number of thioether (sulfide) groups is 1. The SMILES string of the molecule is CC=CC1=C(C(=O)O)N2C(=O)C(NC(=O)C(=NOC)c3csc(N)n3)[C@@H]2SC1. The quantitative estimate of drug-likeness (QED) is 0.338. The van der Waals surface area contributed by atoms with Crippen LogP contribution in [0.3, 0.4) is 0 Å². The lowest BCUT2D eigenvalue weighted by molar-refractivity contribution is -0.150. The lowest BCUT2D eigenvalue weighted by Gasteiger charge is -2.49. The minimum atomic E-state index is -1.18. The van der Waals surface area contributed by atoms with Crippen LogP contribution in [-0.2, 0) is 19.2 Å². The van der Waals surface area contributed by atoms with Crippen LogP contribution in [0.2, 0.25) is 0 Å². The molecule has 3 rings (SSSR count). The summed E-state index contributed by atoms with van der Waals surface area (Å²) in [6, 6.07) is -0.878. The van der Waals surface area contributed by atoms with E-state index in [2.05, 4.69) is 15.5 Å². The third-order valence-corrected chi connectivity index (χ3v) is 5.99. The number of nitrogens with one attached hydrogen (secondary N) is 1. The summed E-state index contributed by atoms with van der Waals surface area (Å²) >= 11 is 2.51. The molecule has 3 heterocycles. The number of fused-ring (bicyclic) bond motifs is 1. The van der Waals surface area contributed by atoms with Crippen molar-refractivity contribution in [2.45, 2.75) is 18.3 Å². The number of carboxylic acids is 1. The van der Waals surface area contributed by atoms with Crippen LogP contribution < -0.4 is 11.1 Å². The van der Waals surface area contributed by atoms with Crippen LogP contribution in [0.25, 0.3) is 0 Å². The van der Waals surface area contributed by atoms with Crippen molar-refractivity contribution in [3.63, 3.8) is 0 Å². The summed E-state index contributed by atoms with van der Waals surface area (Å²) in [6.07, 6.45) is 3.39. The molecule has 2 aliphatic rings. The van der Waals surface area contributed by atoms with Crippen LogP contribution in [0.1, 0.15) is 12.6 Å². The molecule has 148 valence electrons. The number of hydrogen-bond donors (Lipinski definition) is 3. The second kappa shape index (κ2) is 8.02. The number of oxime groups is 1. The van der Waals surface area contributed by atoms with E-state index in [9.17, 15) is 19.5 Å². The molecule has 12 heteroatoms. The zero-order valence-electron chi connectivity index (χ0n) is 14.9. The van der Waals surface area contributed by atoms with Crippen molar-refractivity contribution in [2.24, 2.45) is 5.16 Å². The Balaban J connectivity index is 1.80. The normalized spacial score (nSPS) is 22.1. The van der Waals surface area contributed by atoms with Gasteiger partial charge in [0.25, 0.3) is 11.8 Å². The number of amides is 2. The predicted octanol–water partition coefficient (Wildman–Crippen LogP) is 0.391. The molecular formula is C16H17N5O5S2. The van der Waals surface area contributed by atoms with Gasteiger partial charge in [-0.3, -0.25) is 14.5 Å². The van der Waals surface area contributed by atoms with Crippen molar-refractivity contribution in [1.29, 1.82) is 0 Å². The number of β-lactam (4-membered cyclic amide) rings is 1. The van der Waals surface area contributed by atoms with Gasteiger partial charge in [0.05, 0.1) is 0 Å². The molecule has 10 nitrogen and oxygen atoms in total. The van der Waals surface area contributed by atoms with E-state index in [4.69, 9.17) is 10.6 Å². The van der Waals surface area contributed by atoms with Crippen molar-refractivity contribution in [2.75, 3.05) is 18.6 Å². The highest BCUT2D eigenvalue weighted by molar-refractivity contribution is 8.00. The Morgan fingerprint density at radius 1 is 1.54 bits per heavy atom. The van der Waals surface area contributed by atoms with Gasteiger partial charge in [-0.2, -0.15) is 0 Å². The number of nitrogens with zero attached hydrogens (tertiary/aromatic N) is 3. The van der Waals surface area contributed by atoms with E-state index in [0.717, 1.165) is 11.3 Å². The number of rotatable bonds is 6. The third kappa shape index (κ3) is 3.47. The molecule has 1 saturated heterocycles.